The summed E-state index contributed by atoms with van der Waals surface area (Å²) < 4.78 is 5.90. The first kappa shape index (κ1) is 16.1. The lowest BCUT2D eigenvalue weighted by molar-refractivity contribution is -0.128. The summed E-state index contributed by atoms with van der Waals surface area (Å²) in [5.41, 5.74) is 0.907. The Bertz CT molecular complexity index is 591. The maximum atomic E-state index is 12.3. The van der Waals surface area contributed by atoms with Gasteiger partial charge in [0.15, 0.2) is 0 Å². The van der Waals surface area contributed by atoms with Gasteiger partial charge in [0.25, 0.3) is 11.8 Å². The number of carbonyl (C=O) groups excluding carboxylic acids is 2. The van der Waals surface area contributed by atoms with Crippen LogP contribution in [0.1, 0.15) is 47.9 Å². The second kappa shape index (κ2) is 6.06. The van der Waals surface area contributed by atoms with Crippen LogP contribution < -0.4 is 0 Å². The van der Waals surface area contributed by atoms with Crippen molar-refractivity contribution in [2.75, 3.05) is 26.2 Å². The van der Waals surface area contributed by atoms with E-state index in [1.807, 2.05) is 0 Å². The molecule has 0 aliphatic carbocycles. The predicted molar refractivity (Wildman–Crippen MR) is 87.5 cm³/mol. The van der Waals surface area contributed by atoms with E-state index in [1.54, 1.807) is 24.3 Å². The first-order valence-corrected chi connectivity index (χ1v) is 8.23. The molecule has 2 aliphatic rings. The third-order valence-electron chi connectivity index (χ3n) is 4.37. The zero-order chi connectivity index (χ0) is 16.6. The minimum atomic E-state index is -0.165. The number of carbonyl (C=O) groups is 2. The van der Waals surface area contributed by atoms with Crippen LogP contribution in [-0.4, -0.2) is 59.5 Å². The number of fused-ring (bicyclic) bond motifs is 1. The SMILES string of the molecule is C[C@H]1CN(CCCN2C(=O)c3ccccc3C2=O)CC(C)(C)O1. The summed E-state index contributed by atoms with van der Waals surface area (Å²) in [7, 11) is 0. The molecule has 2 heterocycles. The Hall–Kier alpha value is -1.72. The highest BCUT2D eigenvalue weighted by molar-refractivity contribution is 6.21. The molecule has 2 amide bonds. The first-order chi connectivity index (χ1) is 10.9. The number of hydrogen-bond donors (Lipinski definition) is 0. The molecular weight excluding hydrogens is 292 g/mol. The molecule has 23 heavy (non-hydrogen) atoms. The van der Waals surface area contributed by atoms with Gasteiger partial charge in [-0.25, -0.2) is 0 Å². The first-order valence-electron chi connectivity index (χ1n) is 8.23. The van der Waals surface area contributed by atoms with Crippen LogP contribution in [-0.2, 0) is 4.74 Å². The fraction of sp³-hybridized carbons (Fsp3) is 0.556. The summed E-state index contributed by atoms with van der Waals surface area (Å²) in [6.07, 6.45) is 0.993. The standard InChI is InChI=1S/C18H24N2O3/c1-13-11-19(12-18(2,3)23-13)9-6-10-20-16(21)14-7-4-5-8-15(14)17(20)22/h4-5,7-8,13H,6,9-12H2,1-3H3/t13-/m0/s1. The van der Waals surface area contributed by atoms with Crippen molar-refractivity contribution in [3.63, 3.8) is 0 Å². The quantitative estimate of drug-likeness (QED) is 0.799. The molecule has 0 N–H and O–H groups in total. The highest BCUT2D eigenvalue weighted by Crippen LogP contribution is 2.23. The van der Waals surface area contributed by atoms with Crippen molar-refractivity contribution >= 4 is 11.8 Å². The van der Waals surface area contributed by atoms with E-state index in [1.165, 1.54) is 4.90 Å². The molecule has 0 radical (unpaired) electrons. The van der Waals surface area contributed by atoms with Crippen LogP contribution in [0.15, 0.2) is 24.3 Å². The molecule has 0 bridgehead atoms. The van der Waals surface area contributed by atoms with Gasteiger partial charge in [-0.15, -0.1) is 0 Å². The van der Waals surface area contributed by atoms with E-state index in [9.17, 15) is 9.59 Å². The lowest BCUT2D eigenvalue weighted by Gasteiger charge is -2.41. The summed E-state index contributed by atoms with van der Waals surface area (Å²) in [5.74, 6) is -0.331. The van der Waals surface area contributed by atoms with Gasteiger partial charge in [0.2, 0.25) is 0 Å². The fourth-order valence-electron chi connectivity index (χ4n) is 3.65. The number of ether oxygens (including phenoxy) is 1. The van der Waals surface area contributed by atoms with E-state index in [4.69, 9.17) is 4.74 Å². The predicted octanol–water partition coefficient (Wildman–Crippen LogP) is 2.17. The lowest BCUT2D eigenvalue weighted by atomic mass is 10.1. The molecule has 3 rings (SSSR count). The molecule has 1 atom stereocenters. The molecule has 1 aromatic carbocycles. The van der Waals surface area contributed by atoms with Crippen molar-refractivity contribution in [1.82, 2.24) is 9.80 Å². The van der Waals surface area contributed by atoms with E-state index in [0.29, 0.717) is 17.7 Å². The minimum Gasteiger partial charge on any atom is -0.370 e. The summed E-state index contributed by atoms with van der Waals surface area (Å²) in [6, 6.07) is 7.04. The number of rotatable bonds is 4. The molecule has 0 aromatic heterocycles. The van der Waals surface area contributed by atoms with Gasteiger partial charge in [0.1, 0.15) is 0 Å². The highest BCUT2D eigenvalue weighted by atomic mass is 16.5. The maximum Gasteiger partial charge on any atom is 0.261 e. The summed E-state index contributed by atoms with van der Waals surface area (Å²) in [5, 5.41) is 0. The maximum absolute atomic E-state index is 12.3. The number of benzene rings is 1. The molecule has 1 fully saturated rings. The summed E-state index contributed by atoms with van der Waals surface area (Å²) >= 11 is 0. The molecule has 0 unspecified atom stereocenters. The molecule has 2 aliphatic heterocycles. The number of imide groups is 1. The van der Waals surface area contributed by atoms with Crippen LogP contribution in [0.2, 0.25) is 0 Å². The Morgan fingerprint density at radius 1 is 1.13 bits per heavy atom. The van der Waals surface area contributed by atoms with Gasteiger partial charge >= 0.3 is 0 Å². The third-order valence-corrected chi connectivity index (χ3v) is 4.37. The Balaban J connectivity index is 1.56. The van der Waals surface area contributed by atoms with Crippen molar-refractivity contribution in [3.8, 4) is 0 Å². The van der Waals surface area contributed by atoms with Gasteiger partial charge in [0, 0.05) is 26.2 Å². The van der Waals surface area contributed by atoms with Crippen molar-refractivity contribution in [2.24, 2.45) is 0 Å². The smallest absolute Gasteiger partial charge is 0.261 e. The van der Waals surface area contributed by atoms with Gasteiger partial charge < -0.3 is 4.74 Å². The molecule has 5 heteroatoms. The van der Waals surface area contributed by atoms with E-state index in [0.717, 1.165) is 26.1 Å². The molecular formula is C18H24N2O3. The molecule has 0 spiro atoms. The van der Waals surface area contributed by atoms with Gasteiger partial charge in [-0.05, 0) is 39.3 Å². The second-order valence-corrected chi connectivity index (χ2v) is 7.08. The van der Waals surface area contributed by atoms with Gasteiger partial charge in [-0.3, -0.25) is 19.4 Å². The van der Waals surface area contributed by atoms with E-state index in [-0.39, 0.29) is 23.5 Å². The van der Waals surface area contributed by atoms with Crippen LogP contribution in [0.4, 0.5) is 0 Å². The lowest BCUT2D eigenvalue weighted by Crippen LogP contribution is -2.52. The zero-order valence-corrected chi connectivity index (χ0v) is 14.0. The van der Waals surface area contributed by atoms with E-state index >= 15 is 0 Å². The molecule has 1 aromatic rings. The van der Waals surface area contributed by atoms with Gasteiger partial charge in [0.05, 0.1) is 22.8 Å². The fourth-order valence-corrected chi connectivity index (χ4v) is 3.65. The largest absolute Gasteiger partial charge is 0.370 e. The summed E-state index contributed by atoms with van der Waals surface area (Å²) in [6.45, 7) is 9.38. The van der Waals surface area contributed by atoms with Crippen molar-refractivity contribution in [2.45, 2.75) is 38.9 Å². The number of hydrogen-bond acceptors (Lipinski definition) is 4. The molecule has 124 valence electrons. The molecule has 0 saturated carbocycles. The van der Waals surface area contributed by atoms with Gasteiger partial charge in [-0.2, -0.15) is 0 Å². The van der Waals surface area contributed by atoms with E-state index in [2.05, 4.69) is 25.7 Å². The third kappa shape index (κ3) is 3.31. The second-order valence-electron chi connectivity index (χ2n) is 7.08. The normalized spacial score (nSPS) is 24.1. The number of nitrogens with zero attached hydrogens (tertiary/aromatic N) is 2. The average molecular weight is 316 g/mol. The van der Waals surface area contributed by atoms with Crippen molar-refractivity contribution in [3.05, 3.63) is 35.4 Å². The van der Waals surface area contributed by atoms with Crippen LogP contribution in [0.3, 0.4) is 0 Å². The monoisotopic (exact) mass is 316 g/mol. The number of amides is 2. The topological polar surface area (TPSA) is 49.9 Å². The minimum absolute atomic E-state index is 0.146. The Kier molecular flexibility index (Phi) is 4.25. The van der Waals surface area contributed by atoms with Crippen molar-refractivity contribution < 1.29 is 14.3 Å². The van der Waals surface area contributed by atoms with Crippen LogP contribution in [0.25, 0.3) is 0 Å². The molecule has 5 nitrogen and oxygen atoms in total. The van der Waals surface area contributed by atoms with Crippen LogP contribution >= 0.6 is 0 Å². The van der Waals surface area contributed by atoms with Crippen LogP contribution in [0.5, 0.6) is 0 Å². The Morgan fingerprint density at radius 3 is 2.30 bits per heavy atom. The molecule has 1 saturated heterocycles. The van der Waals surface area contributed by atoms with Crippen LogP contribution in [0, 0.1) is 0 Å². The number of morpholine rings is 1. The Labute approximate surface area is 137 Å². The Morgan fingerprint density at radius 2 is 1.74 bits per heavy atom. The highest BCUT2D eigenvalue weighted by Gasteiger charge is 2.35. The van der Waals surface area contributed by atoms with E-state index < -0.39 is 0 Å². The average Bonchev–Trinajstić information content (AvgIpc) is 2.71. The van der Waals surface area contributed by atoms with Crippen molar-refractivity contribution in [1.29, 1.82) is 0 Å². The van der Waals surface area contributed by atoms with Gasteiger partial charge in [-0.1, -0.05) is 12.1 Å². The summed E-state index contributed by atoms with van der Waals surface area (Å²) in [4.78, 5) is 28.4. The zero-order valence-electron chi connectivity index (χ0n) is 14.0.